The Labute approximate surface area is 123 Å². The molecule has 0 spiro atoms. The van der Waals surface area contributed by atoms with Crippen molar-refractivity contribution in [2.24, 2.45) is 5.92 Å². The Bertz CT molecular complexity index is 598. The molecule has 4 rings (SSSR count). The first kappa shape index (κ1) is 12.7. The van der Waals surface area contributed by atoms with Gasteiger partial charge in [0.2, 0.25) is 5.91 Å². The number of aryl methyl sites for hydroxylation is 1. The fraction of sp³-hybridized carbons (Fsp3) is 0.500. The summed E-state index contributed by atoms with van der Waals surface area (Å²) in [5, 5.41) is 6.34. The molecule has 2 fully saturated rings. The van der Waals surface area contributed by atoms with Gasteiger partial charge >= 0.3 is 0 Å². The topological polar surface area (TPSA) is 61.4 Å². The highest BCUT2D eigenvalue weighted by molar-refractivity contribution is 6.00. The molecule has 2 atom stereocenters. The molecular formula is C16H19N3O2. The zero-order valence-electron chi connectivity index (χ0n) is 11.9. The molecule has 1 aromatic carbocycles. The van der Waals surface area contributed by atoms with Crippen LogP contribution >= 0.6 is 0 Å². The molecule has 3 aliphatic heterocycles. The summed E-state index contributed by atoms with van der Waals surface area (Å²) in [4.78, 5) is 26.1. The van der Waals surface area contributed by atoms with E-state index < -0.39 is 0 Å². The van der Waals surface area contributed by atoms with Gasteiger partial charge in [-0.2, -0.15) is 0 Å². The summed E-state index contributed by atoms with van der Waals surface area (Å²) in [7, 11) is 0. The lowest BCUT2D eigenvalue weighted by atomic mass is 9.99. The van der Waals surface area contributed by atoms with Crippen LogP contribution in [0.5, 0.6) is 0 Å². The average Bonchev–Trinajstić information content (AvgIpc) is 3.03. The minimum Gasteiger partial charge on any atom is -0.384 e. The summed E-state index contributed by atoms with van der Waals surface area (Å²) < 4.78 is 0. The summed E-state index contributed by atoms with van der Waals surface area (Å²) >= 11 is 0. The van der Waals surface area contributed by atoms with E-state index in [9.17, 15) is 9.59 Å². The van der Waals surface area contributed by atoms with Gasteiger partial charge in [-0.05, 0) is 24.5 Å². The number of hydrogen-bond acceptors (Lipinski definition) is 3. The van der Waals surface area contributed by atoms with Crippen LogP contribution in [0, 0.1) is 5.92 Å². The normalized spacial score (nSPS) is 26.9. The van der Waals surface area contributed by atoms with Crippen molar-refractivity contribution in [3.05, 3.63) is 29.3 Å². The van der Waals surface area contributed by atoms with Crippen LogP contribution in [-0.2, 0) is 11.2 Å². The number of hydrogen-bond donors (Lipinski definition) is 2. The average molecular weight is 285 g/mol. The van der Waals surface area contributed by atoms with Crippen molar-refractivity contribution in [1.82, 2.24) is 10.2 Å². The van der Waals surface area contributed by atoms with Crippen LogP contribution < -0.4 is 10.6 Å². The summed E-state index contributed by atoms with van der Waals surface area (Å²) in [6, 6.07) is 6.12. The Morgan fingerprint density at radius 3 is 3.05 bits per heavy atom. The molecule has 110 valence electrons. The van der Waals surface area contributed by atoms with E-state index in [0.717, 1.165) is 30.6 Å². The van der Waals surface area contributed by atoms with Gasteiger partial charge < -0.3 is 15.5 Å². The lowest BCUT2D eigenvalue weighted by molar-refractivity contribution is -0.119. The van der Waals surface area contributed by atoms with Crippen LogP contribution in [0.25, 0.3) is 0 Å². The standard InChI is InChI=1S/C16H19N3O2/c20-14-7-11-8-19(9-13(11)18-14)16(21)12-5-1-3-10-4-2-6-17-15(10)12/h1,3,5,11,13,17H,2,4,6-9H2,(H,18,20)/t11-,13+/m0/s1. The van der Waals surface area contributed by atoms with Crippen LogP contribution in [0.2, 0.25) is 0 Å². The van der Waals surface area contributed by atoms with Gasteiger partial charge in [-0.1, -0.05) is 12.1 Å². The van der Waals surface area contributed by atoms with Gasteiger partial charge in [-0.3, -0.25) is 9.59 Å². The zero-order chi connectivity index (χ0) is 14.4. The van der Waals surface area contributed by atoms with Crippen LogP contribution in [0.1, 0.15) is 28.8 Å². The SMILES string of the molecule is O=C1C[C@H]2CN(C(=O)c3cccc4c3NCCC4)C[C@H]2N1. The van der Waals surface area contributed by atoms with Crippen molar-refractivity contribution in [3.8, 4) is 0 Å². The molecule has 1 aromatic rings. The molecule has 0 aliphatic carbocycles. The first-order valence-corrected chi connectivity index (χ1v) is 7.67. The van der Waals surface area contributed by atoms with Gasteiger partial charge in [-0.25, -0.2) is 0 Å². The number of nitrogens with zero attached hydrogens (tertiary/aromatic N) is 1. The largest absolute Gasteiger partial charge is 0.384 e. The van der Waals surface area contributed by atoms with Crippen molar-refractivity contribution in [3.63, 3.8) is 0 Å². The quantitative estimate of drug-likeness (QED) is 0.809. The fourth-order valence-corrected chi connectivity index (χ4v) is 3.77. The molecule has 3 aliphatic rings. The maximum Gasteiger partial charge on any atom is 0.256 e. The highest BCUT2D eigenvalue weighted by atomic mass is 16.2. The summed E-state index contributed by atoms with van der Waals surface area (Å²) in [5.41, 5.74) is 3.02. The molecule has 2 saturated heterocycles. The third kappa shape index (κ3) is 2.07. The predicted octanol–water partition coefficient (Wildman–Crippen LogP) is 1.01. The van der Waals surface area contributed by atoms with Crippen molar-refractivity contribution in [2.45, 2.75) is 25.3 Å². The maximum absolute atomic E-state index is 12.8. The molecule has 0 saturated carbocycles. The number of para-hydroxylation sites is 1. The van der Waals surface area contributed by atoms with Crippen molar-refractivity contribution in [2.75, 3.05) is 25.0 Å². The van der Waals surface area contributed by atoms with Gasteiger partial charge in [0.05, 0.1) is 17.3 Å². The van der Waals surface area contributed by atoms with Crippen molar-refractivity contribution < 1.29 is 9.59 Å². The molecule has 0 aromatic heterocycles. The highest BCUT2D eigenvalue weighted by Gasteiger charge is 2.42. The number of benzene rings is 1. The molecule has 0 unspecified atom stereocenters. The highest BCUT2D eigenvalue weighted by Crippen LogP contribution is 2.30. The van der Waals surface area contributed by atoms with Crippen LogP contribution in [0.4, 0.5) is 5.69 Å². The molecule has 0 bridgehead atoms. The third-order valence-corrected chi connectivity index (χ3v) is 4.83. The van der Waals surface area contributed by atoms with Crippen molar-refractivity contribution >= 4 is 17.5 Å². The molecule has 5 heteroatoms. The molecule has 5 nitrogen and oxygen atoms in total. The maximum atomic E-state index is 12.8. The van der Waals surface area contributed by atoms with E-state index in [0.29, 0.717) is 19.5 Å². The van der Waals surface area contributed by atoms with E-state index in [-0.39, 0.29) is 23.8 Å². The van der Waals surface area contributed by atoms with Crippen LogP contribution in [0.3, 0.4) is 0 Å². The van der Waals surface area contributed by atoms with Crippen molar-refractivity contribution in [1.29, 1.82) is 0 Å². The first-order valence-electron chi connectivity index (χ1n) is 7.67. The van der Waals surface area contributed by atoms with E-state index >= 15 is 0 Å². The number of likely N-dealkylation sites (tertiary alicyclic amines) is 1. The second kappa shape index (κ2) is 4.76. The van der Waals surface area contributed by atoms with Gasteiger partial charge in [0.1, 0.15) is 0 Å². The number of amides is 2. The minimum atomic E-state index is 0.0879. The fourth-order valence-electron chi connectivity index (χ4n) is 3.77. The molecule has 3 heterocycles. The Balaban J connectivity index is 1.58. The van der Waals surface area contributed by atoms with E-state index in [4.69, 9.17) is 0 Å². The third-order valence-electron chi connectivity index (χ3n) is 4.83. The molecule has 0 radical (unpaired) electrons. The number of anilines is 1. The first-order chi connectivity index (χ1) is 10.2. The zero-order valence-corrected chi connectivity index (χ0v) is 11.9. The van der Waals surface area contributed by atoms with E-state index in [1.807, 2.05) is 17.0 Å². The van der Waals surface area contributed by atoms with Crippen LogP contribution in [0.15, 0.2) is 18.2 Å². The molecule has 2 N–H and O–H groups in total. The smallest absolute Gasteiger partial charge is 0.256 e. The summed E-state index contributed by atoms with van der Waals surface area (Å²) in [6.45, 7) is 2.25. The number of carbonyl (C=O) groups is 2. The molecule has 21 heavy (non-hydrogen) atoms. The Morgan fingerprint density at radius 2 is 2.19 bits per heavy atom. The van der Waals surface area contributed by atoms with E-state index in [2.05, 4.69) is 16.7 Å². The Kier molecular flexibility index (Phi) is 2.87. The second-order valence-electron chi connectivity index (χ2n) is 6.22. The molecular weight excluding hydrogens is 266 g/mol. The molecule has 2 amide bonds. The monoisotopic (exact) mass is 285 g/mol. The van der Waals surface area contributed by atoms with Crippen LogP contribution in [-0.4, -0.2) is 42.4 Å². The van der Waals surface area contributed by atoms with E-state index in [1.54, 1.807) is 0 Å². The minimum absolute atomic E-state index is 0.0879. The number of rotatable bonds is 1. The number of nitrogens with one attached hydrogen (secondary N) is 2. The lowest BCUT2D eigenvalue weighted by Crippen LogP contribution is -2.36. The van der Waals surface area contributed by atoms with Gasteiger partial charge in [-0.15, -0.1) is 0 Å². The van der Waals surface area contributed by atoms with Gasteiger partial charge in [0.15, 0.2) is 0 Å². The predicted molar refractivity (Wildman–Crippen MR) is 79.2 cm³/mol. The van der Waals surface area contributed by atoms with E-state index in [1.165, 1.54) is 5.56 Å². The summed E-state index contributed by atoms with van der Waals surface area (Å²) in [5.74, 6) is 0.495. The lowest BCUT2D eigenvalue weighted by Gasteiger charge is -2.24. The Hall–Kier alpha value is -2.04. The second-order valence-corrected chi connectivity index (χ2v) is 6.22. The number of fused-ring (bicyclic) bond motifs is 2. The summed E-state index contributed by atoms with van der Waals surface area (Å²) in [6.07, 6.45) is 2.70. The van der Waals surface area contributed by atoms with Gasteiger partial charge in [0.25, 0.3) is 5.91 Å². The van der Waals surface area contributed by atoms with Gasteiger partial charge in [0, 0.05) is 32.0 Å². The Morgan fingerprint density at radius 1 is 1.29 bits per heavy atom. The number of carbonyl (C=O) groups excluding carboxylic acids is 2.